The molecule has 0 aliphatic heterocycles. The second-order valence-corrected chi connectivity index (χ2v) is 9.10. The van der Waals surface area contributed by atoms with Gasteiger partial charge in [0.15, 0.2) is 5.82 Å². The van der Waals surface area contributed by atoms with Gasteiger partial charge in [-0.2, -0.15) is 0 Å². The number of nitrogens with zero attached hydrogens (tertiary/aromatic N) is 4. The zero-order chi connectivity index (χ0) is 23.3. The summed E-state index contributed by atoms with van der Waals surface area (Å²) in [7, 11) is 0. The van der Waals surface area contributed by atoms with Gasteiger partial charge in [0.1, 0.15) is 5.76 Å². The van der Waals surface area contributed by atoms with Crippen LogP contribution >= 0.6 is 23.4 Å². The number of carbonyl (C=O) groups is 2. The van der Waals surface area contributed by atoms with E-state index in [1.165, 1.54) is 11.8 Å². The van der Waals surface area contributed by atoms with Gasteiger partial charge in [0, 0.05) is 12.1 Å². The summed E-state index contributed by atoms with van der Waals surface area (Å²) in [5.74, 6) is 1.27. The first-order valence-electron chi connectivity index (χ1n) is 9.97. The van der Waals surface area contributed by atoms with Gasteiger partial charge in [-0.25, -0.2) is 0 Å². The van der Waals surface area contributed by atoms with E-state index in [0.717, 1.165) is 0 Å². The zero-order valence-corrected chi connectivity index (χ0v) is 19.7. The van der Waals surface area contributed by atoms with E-state index in [9.17, 15) is 9.59 Å². The number of hydrogen-bond acceptors (Lipinski definition) is 8. The maximum atomic E-state index is 12.8. The Morgan fingerprint density at radius 1 is 1.22 bits per heavy atom. The van der Waals surface area contributed by atoms with Gasteiger partial charge in [-0.15, -0.1) is 22.0 Å². The Balaban J connectivity index is 1.58. The van der Waals surface area contributed by atoms with Crippen molar-refractivity contribution in [3.8, 4) is 11.5 Å². The summed E-state index contributed by atoms with van der Waals surface area (Å²) in [6, 6.07) is 8.70. The van der Waals surface area contributed by atoms with Crippen LogP contribution in [0.2, 0.25) is 5.02 Å². The molecule has 0 saturated carbocycles. The third-order valence-corrected chi connectivity index (χ3v) is 5.98. The minimum atomic E-state index is -0.458. The number of anilines is 1. The second-order valence-electron chi connectivity index (χ2n) is 7.36. The van der Waals surface area contributed by atoms with Crippen molar-refractivity contribution < 1.29 is 18.5 Å². The van der Waals surface area contributed by atoms with Crippen LogP contribution in [0, 0.1) is 6.92 Å². The van der Waals surface area contributed by atoms with E-state index in [2.05, 4.69) is 20.7 Å². The second kappa shape index (κ2) is 10.6. The molecule has 1 unspecified atom stereocenters. The monoisotopic (exact) mass is 477 g/mol. The molecule has 1 atom stereocenters. The van der Waals surface area contributed by atoms with E-state index in [0.29, 0.717) is 33.9 Å². The SMILES string of the molecule is Cc1cc(NC(=O)C(C)SCC(=O)N(Cc2nnc(-c3ccccc3Cl)o2)C(C)C)no1. The van der Waals surface area contributed by atoms with Crippen LogP contribution in [0.5, 0.6) is 0 Å². The van der Waals surface area contributed by atoms with E-state index >= 15 is 0 Å². The molecule has 0 saturated heterocycles. The molecule has 0 radical (unpaired) electrons. The Morgan fingerprint density at radius 3 is 2.62 bits per heavy atom. The third-order valence-electron chi connectivity index (χ3n) is 4.53. The first kappa shape index (κ1) is 23.8. The van der Waals surface area contributed by atoms with E-state index in [-0.39, 0.29) is 30.2 Å². The summed E-state index contributed by atoms with van der Waals surface area (Å²) >= 11 is 7.42. The summed E-state index contributed by atoms with van der Waals surface area (Å²) in [5.41, 5.74) is 0.632. The van der Waals surface area contributed by atoms with Gasteiger partial charge in [0.2, 0.25) is 23.6 Å². The smallest absolute Gasteiger partial charge is 0.249 e. The zero-order valence-electron chi connectivity index (χ0n) is 18.2. The Labute approximate surface area is 194 Å². The molecule has 2 amide bonds. The van der Waals surface area contributed by atoms with Gasteiger partial charge in [-0.3, -0.25) is 9.59 Å². The summed E-state index contributed by atoms with van der Waals surface area (Å²) in [5, 5.41) is 14.6. The van der Waals surface area contributed by atoms with Crippen LogP contribution in [0.3, 0.4) is 0 Å². The molecule has 0 bridgehead atoms. The van der Waals surface area contributed by atoms with Gasteiger partial charge in [0.25, 0.3) is 0 Å². The molecule has 1 N–H and O–H groups in total. The maximum Gasteiger partial charge on any atom is 0.249 e. The molecule has 9 nitrogen and oxygen atoms in total. The molecule has 0 aliphatic rings. The highest BCUT2D eigenvalue weighted by atomic mass is 35.5. The molecule has 3 aromatic rings. The molecule has 0 fully saturated rings. The fourth-order valence-electron chi connectivity index (χ4n) is 2.77. The molecule has 1 aromatic carbocycles. The van der Waals surface area contributed by atoms with Crippen LogP contribution in [0.1, 0.15) is 32.4 Å². The van der Waals surface area contributed by atoms with E-state index in [1.807, 2.05) is 26.0 Å². The predicted octanol–water partition coefficient (Wildman–Crippen LogP) is 4.18. The topological polar surface area (TPSA) is 114 Å². The number of aryl methyl sites for hydroxylation is 1. The number of rotatable bonds is 9. The molecule has 170 valence electrons. The highest BCUT2D eigenvalue weighted by Gasteiger charge is 2.23. The molecule has 0 aliphatic carbocycles. The molecule has 2 heterocycles. The number of aromatic nitrogens is 3. The fourth-order valence-corrected chi connectivity index (χ4v) is 3.76. The van der Waals surface area contributed by atoms with Crippen molar-refractivity contribution in [1.29, 1.82) is 0 Å². The number of nitrogens with one attached hydrogen (secondary N) is 1. The molecular weight excluding hydrogens is 454 g/mol. The molecule has 0 spiro atoms. The normalized spacial score (nSPS) is 12.1. The Morgan fingerprint density at radius 2 is 1.97 bits per heavy atom. The van der Waals surface area contributed by atoms with Crippen molar-refractivity contribution in [2.24, 2.45) is 0 Å². The van der Waals surface area contributed by atoms with Crippen LogP contribution in [0.15, 0.2) is 39.3 Å². The van der Waals surface area contributed by atoms with Crippen molar-refractivity contribution in [3.63, 3.8) is 0 Å². The molecule has 3 rings (SSSR count). The van der Waals surface area contributed by atoms with Gasteiger partial charge < -0.3 is 19.2 Å². The average molecular weight is 478 g/mol. The van der Waals surface area contributed by atoms with Crippen LogP contribution in [-0.4, -0.2) is 49.1 Å². The Kier molecular flexibility index (Phi) is 7.92. The van der Waals surface area contributed by atoms with Crippen LogP contribution < -0.4 is 5.32 Å². The van der Waals surface area contributed by atoms with Gasteiger partial charge in [-0.05, 0) is 39.8 Å². The van der Waals surface area contributed by atoms with Crippen LogP contribution in [0.25, 0.3) is 11.5 Å². The van der Waals surface area contributed by atoms with Crippen molar-refractivity contribution >= 4 is 41.0 Å². The highest BCUT2D eigenvalue weighted by molar-refractivity contribution is 8.01. The largest absolute Gasteiger partial charge is 0.419 e. The lowest BCUT2D eigenvalue weighted by Gasteiger charge is -2.25. The van der Waals surface area contributed by atoms with Gasteiger partial charge in [-0.1, -0.05) is 28.9 Å². The summed E-state index contributed by atoms with van der Waals surface area (Å²) in [4.78, 5) is 26.8. The quantitative estimate of drug-likeness (QED) is 0.488. The standard InChI is InChI=1S/C21H24ClN5O4S/c1-12(2)27(10-18-24-25-21(30-18)15-7-5-6-8-16(15)22)19(28)11-32-14(4)20(29)23-17-9-13(3)31-26-17/h5-9,12,14H,10-11H2,1-4H3,(H,23,26,29). The number of thioether (sulfide) groups is 1. The summed E-state index contributed by atoms with van der Waals surface area (Å²) in [6.45, 7) is 7.43. The van der Waals surface area contributed by atoms with Crippen LogP contribution in [-0.2, 0) is 16.1 Å². The average Bonchev–Trinajstić information content (AvgIpc) is 3.38. The first-order valence-corrected chi connectivity index (χ1v) is 11.4. The number of carbonyl (C=O) groups excluding carboxylic acids is 2. The molecule has 2 aromatic heterocycles. The lowest BCUT2D eigenvalue weighted by Crippen LogP contribution is -2.38. The van der Waals surface area contributed by atoms with E-state index in [4.69, 9.17) is 20.5 Å². The third kappa shape index (κ3) is 6.10. The first-order chi connectivity index (χ1) is 15.2. The fraction of sp³-hybridized carbons (Fsp3) is 0.381. The molecular formula is C21H24ClN5O4S. The van der Waals surface area contributed by atoms with E-state index < -0.39 is 5.25 Å². The predicted molar refractivity (Wildman–Crippen MR) is 122 cm³/mol. The molecule has 32 heavy (non-hydrogen) atoms. The van der Waals surface area contributed by atoms with E-state index in [1.54, 1.807) is 36.9 Å². The Hall–Kier alpha value is -2.85. The summed E-state index contributed by atoms with van der Waals surface area (Å²) in [6.07, 6.45) is 0. The van der Waals surface area contributed by atoms with Crippen molar-refractivity contribution in [2.45, 2.75) is 45.5 Å². The number of hydrogen-bond donors (Lipinski definition) is 1. The maximum absolute atomic E-state index is 12.8. The highest BCUT2D eigenvalue weighted by Crippen LogP contribution is 2.26. The minimum Gasteiger partial charge on any atom is -0.419 e. The minimum absolute atomic E-state index is 0.0963. The summed E-state index contributed by atoms with van der Waals surface area (Å²) < 4.78 is 10.7. The lowest BCUT2D eigenvalue weighted by molar-refractivity contribution is -0.131. The van der Waals surface area contributed by atoms with Gasteiger partial charge >= 0.3 is 0 Å². The van der Waals surface area contributed by atoms with Crippen molar-refractivity contribution in [2.75, 3.05) is 11.1 Å². The number of benzene rings is 1. The van der Waals surface area contributed by atoms with Crippen molar-refractivity contribution in [3.05, 3.63) is 47.0 Å². The lowest BCUT2D eigenvalue weighted by atomic mass is 10.2. The Bertz CT molecular complexity index is 1080. The number of amides is 2. The van der Waals surface area contributed by atoms with Crippen molar-refractivity contribution in [1.82, 2.24) is 20.3 Å². The van der Waals surface area contributed by atoms with Crippen LogP contribution in [0.4, 0.5) is 5.82 Å². The van der Waals surface area contributed by atoms with Gasteiger partial charge in [0.05, 0.1) is 28.1 Å². The molecule has 11 heteroatoms. The number of halogens is 1.